The minimum absolute atomic E-state index is 0.0255. The summed E-state index contributed by atoms with van der Waals surface area (Å²) in [7, 11) is 0. The van der Waals surface area contributed by atoms with Crippen molar-refractivity contribution in [2.75, 3.05) is 18.5 Å². The Kier molecular flexibility index (Phi) is 7.02. The number of nitrogens with one attached hydrogen (secondary N) is 1. The number of fused-ring (bicyclic) bond motifs is 1. The van der Waals surface area contributed by atoms with Gasteiger partial charge >= 0.3 is 5.97 Å². The van der Waals surface area contributed by atoms with E-state index in [0.29, 0.717) is 35.6 Å². The van der Waals surface area contributed by atoms with E-state index in [-0.39, 0.29) is 25.3 Å². The lowest BCUT2D eigenvalue weighted by molar-refractivity contribution is -0.137. The molecule has 8 nitrogen and oxygen atoms in total. The molecule has 8 heteroatoms. The van der Waals surface area contributed by atoms with E-state index in [4.69, 9.17) is 9.84 Å². The van der Waals surface area contributed by atoms with Crippen molar-refractivity contribution in [3.05, 3.63) is 59.2 Å². The fraction of sp³-hybridized carbons (Fsp3) is 0.304. The molecule has 1 aliphatic rings. The van der Waals surface area contributed by atoms with Crippen LogP contribution >= 0.6 is 0 Å². The molecule has 2 aromatic rings. The minimum Gasteiger partial charge on any atom is -0.491 e. The summed E-state index contributed by atoms with van der Waals surface area (Å²) in [5, 5.41) is 11.6. The Balaban J connectivity index is 1.66. The molecule has 31 heavy (non-hydrogen) atoms. The molecular formula is C23H24N2O6. The Labute approximate surface area is 179 Å². The molecule has 0 atom stereocenters. The number of ether oxygens (including phenoxy) is 1. The third-order valence-corrected chi connectivity index (χ3v) is 4.85. The molecule has 0 radical (unpaired) electrons. The third kappa shape index (κ3) is 5.28. The van der Waals surface area contributed by atoms with Gasteiger partial charge in [-0.25, -0.2) is 0 Å². The van der Waals surface area contributed by atoms with Gasteiger partial charge < -0.3 is 15.2 Å². The van der Waals surface area contributed by atoms with Crippen LogP contribution in [0.5, 0.6) is 5.75 Å². The summed E-state index contributed by atoms with van der Waals surface area (Å²) >= 11 is 0. The number of benzene rings is 2. The maximum atomic E-state index is 12.5. The number of nitrogens with zero attached hydrogens (tertiary/aromatic N) is 1. The van der Waals surface area contributed by atoms with Gasteiger partial charge in [0.05, 0.1) is 23.4 Å². The summed E-state index contributed by atoms with van der Waals surface area (Å²) in [4.78, 5) is 49.3. The average Bonchev–Trinajstić information content (AvgIpc) is 3.00. The fourth-order valence-corrected chi connectivity index (χ4v) is 3.29. The first-order valence-electron chi connectivity index (χ1n) is 10.1. The van der Waals surface area contributed by atoms with E-state index in [1.54, 1.807) is 42.5 Å². The summed E-state index contributed by atoms with van der Waals surface area (Å²) in [6.07, 6.45) is 1.01. The summed E-state index contributed by atoms with van der Waals surface area (Å²) in [6.45, 7) is 2.38. The van der Waals surface area contributed by atoms with Crippen LogP contribution in [0.25, 0.3) is 0 Å². The van der Waals surface area contributed by atoms with E-state index in [2.05, 4.69) is 5.32 Å². The molecular weight excluding hydrogens is 400 g/mol. The number of amides is 3. The van der Waals surface area contributed by atoms with Gasteiger partial charge in [0.15, 0.2) is 0 Å². The largest absolute Gasteiger partial charge is 0.491 e. The molecule has 1 heterocycles. The SMILES string of the molecule is CCCOc1ccc(CCC(=O)O)cc1NC(=O)CCN1C(=O)c2ccccc2C1=O. The van der Waals surface area contributed by atoms with Gasteiger partial charge in [-0.05, 0) is 42.7 Å². The second-order valence-corrected chi connectivity index (χ2v) is 7.18. The van der Waals surface area contributed by atoms with Gasteiger partial charge in [0.2, 0.25) is 5.91 Å². The summed E-state index contributed by atoms with van der Waals surface area (Å²) < 4.78 is 5.67. The van der Waals surface area contributed by atoms with Gasteiger partial charge in [-0.15, -0.1) is 0 Å². The van der Waals surface area contributed by atoms with E-state index in [1.807, 2.05) is 6.92 Å². The lowest BCUT2D eigenvalue weighted by Gasteiger charge is -2.16. The zero-order valence-electron chi connectivity index (χ0n) is 17.2. The van der Waals surface area contributed by atoms with Gasteiger partial charge in [0.25, 0.3) is 11.8 Å². The molecule has 2 aromatic carbocycles. The number of imide groups is 1. The van der Waals surface area contributed by atoms with Crippen LogP contribution in [0.4, 0.5) is 5.69 Å². The molecule has 2 N–H and O–H groups in total. The Bertz CT molecular complexity index is 982. The van der Waals surface area contributed by atoms with Gasteiger partial charge in [0, 0.05) is 19.4 Å². The molecule has 3 rings (SSSR count). The molecule has 1 aliphatic heterocycles. The predicted octanol–water partition coefficient (Wildman–Crippen LogP) is 3.12. The number of rotatable bonds is 10. The van der Waals surface area contributed by atoms with Crippen molar-refractivity contribution < 1.29 is 29.0 Å². The van der Waals surface area contributed by atoms with Crippen LogP contribution in [0.15, 0.2) is 42.5 Å². The number of carboxylic acid groups (broad SMARTS) is 1. The summed E-state index contributed by atoms with van der Waals surface area (Å²) in [5.41, 5.74) is 1.87. The maximum Gasteiger partial charge on any atom is 0.303 e. The highest BCUT2D eigenvalue weighted by Gasteiger charge is 2.35. The minimum atomic E-state index is -0.905. The fourth-order valence-electron chi connectivity index (χ4n) is 3.29. The molecule has 0 saturated heterocycles. The highest BCUT2D eigenvalue weighted by Crippen LogP contribution is 2.27. The molecule has 0 saturated carbocycles. The number of carbonyl (C=O) groups excluding carboxylic acids is 3. The normalized spacial score (nSPS) is 12.6. The van der Waals surface area contributed by atoms with Crippen molar-refractivity contribution in [1.82, 2.24) is 4.90 Å². The second-order valence-electron chi connectivity index (χ2n) is 7.18. The van der Waals surface area contributed by atoms with Crippen LogP contribution in [0.2, 0.25) is 0 Å². The molecule has 0 aromatic heterocycles. The molecule has 0 unspecified atom stereocenters. The standard InChI is InChI=1S/C23H24N2O6/c1-2-13-31-19-9-7-15(8-10-21(27)28)14-18(19)24-20(26)11-12-25-22(29)16-5-3-4-6-17(16)23(25)30/h3-7,9,14H,2,8,10-13H2,1H3,(H,24,26)(H,27,28). The number of anilines is 1. The number of hydrogen-bond donors (Lipinski definition) is 2. The first-order valence-corrected chi connectivity index (χ1v) is 10.1. The number of carbonyl (C=O) groups is 4. The molecule has 0 spiro atoms. The monoisotopic (exact) mass is 424 g/mol. The van der Waals surface area contributed by atoms with E-state index < -0.39 is 17.8 Å². The van der Waals surface area contributed by atoms with Crippen molar-refractivity contribution in [3.63, 3.8) is 0 Å². The quantitative estimate of drug-likeness (QED) is 0.567. The highest BCUT2D eigenvalue weighted by molar-refractivity contribution is 6.21. The molecule has 0 bridgehead atoms. The number of aryl methyl sites for hydroxylation is 1. The topological polar surface area (TPSA) is 113 Å². The number of hydrogen-bond acceptors (Lipinski definition) is 5. The zero-order chi connectivity index (χ0) is 22.4. The third-order valence-electron chi connectivity index (χ3n) is 4.85. The Morgan fingerprint density at radius 1 is 1.03 bits per heavy atom. The molecule has 162 valence electrons. The van der Waals surface area contributed by atoms with E-state index in [1.165, 1.54) is 0 Å². The Morgan fingerprint density at radius 2 is 1.71 bits per heavy atom. The number of carboxylic acids is 1. The van der Waals surface area contributed by atoms with Crippen molar-refractivity contribution in [1.29, 1.82) is 0 Å². The Hall–Kier alpha value is -3.68. The molecule has 3 amide bonds. The van der Waals surface area contributed by atoms with Gasteiger partial charge in [-0.1, -0.05) is 25.1 Å². The van der Waals surface area contributed by atoms with Crippen molar-refractivity contribution in [2.24, 2.45) is 0 Å². The molecule has 0 fully saturated rings. The van der Waals surface area contributed by atoms with Gasteiger partial charge in [-0.3, -0.25) is 24.1 Å². The summed E-state index contributed by atoms with van der Waals surface area (Å²) in [5.74, 6) is -1.62. The zero-order valence-corrected chi connectivity index (χ0v) is 17.2. The van der Waals surface area contributed by atoms with E-state index >= 15 is 0 Å². The van der Waals surface area contributed by atoms with Crippen LogP contribution in [-0.4, -0.2) is 46.8 Å². The van der Waals surface area contributed by atoms with E-state index in [9.17, 15) is 19.2 Å². The van der Waals surface area contributed by atoms with Crippen molar-refractivity contribution >= 4 is 29.4 Å². The van der Waals surface area contributed by atoms with E-state index in [0.717, 1.165) is 16.9 Å². The first kappa shape index (κ1) is 22.0. The first-order chi connectivity index (χ1) is 14.9. The van der Waals surface area contributed by atoms with Gasteiger partial charge in [0.1, 0.15) is 5.75 Å². The van der Waals surface area contributed by atoms with Crippen molar-refractivity contribution in [2.45, 2.75) is 32.6 Å². The average molecular weight is 424 g/mol. The summed E-state index contributed by atoms with van der Waals surface area (Å²) in [6, 6.07) is 11.7. The second kappa shape index (κ2) is 9.88. The maximum absolute atomic E-state index is 12.5. The smallest absolute Gasteiger partial charge is 0.303 e. The van der Waals surface area contributed by atoms with Crippen molar-refractivity contribution in [3.8, 4) is 5.75 Å². The molecule has 0 aliphatic carbocycles. The highest BCUT2D eigenvalue weighted by atomic mass is 16.5. The van der Waals surface area contributed by atoms with Crippen LogP contribution in [-0.2, 0) is 16.0 Å². The Morgan fingerprint density at radius 3 is 2.32 bits per heavy atom. The number of aliphatic carboxylic acids is 1. The van der Waals surface area contributed by atoms with Crippen LogP contribution in [0.3, 0.4) is 0 Å². The van der Waals surface area contributed by atoms with Crippen LogP contribution < -0.4 is 10.1 Å². The lowest BCUT2D eigenvalue weighted by Crippen LogP contribution is -2.32. The van der Waals surface area contributed by atoms with Crippen LogP contribution in [0.1, 0.15) is 52.5 Å². The predicted molar refractivity (Wildman–Crippen MR) is 113 cm³/mol. The van der Waals surface area contributed by atoms with Crippen LogP contribution in [0, 0.1) is 0 Å². The lowest BCUT2D eigenvalue weighted by atomic mass is 10.1. The van der Waals surface area contributed by atoms with Gasteiger partial charge in [-0.2, -0.15) is 0 Å².